The van der Waals surface area contributed by atoms with Crippen molar-refractivity contribution in [3.63, 3.8) is 0 Å². The van der Waals surface area contributed by atoms with E-state index in [0.29, 0.717) is 49.5 Å². The number of ether oxygens (including phenoxy) is 4. The van der Waals surface area contributed by atoms with Crippen LogP contribution in [0.5, 0.6) is 0 Å². The number of hydrogen-bond acceptors (Lipinski definition) is 11. The number of alkyl carbamates (subject to hydrolysis) is 1. The first-order valence-corrected chi connectivity index (χ1v) is 22.6. The maximum Gasteiger partial charge on any atom is 0.407 e. The van der Waals surface area contributed by atoms with Crippen LogP contribution in [0.1, 0.15) is 119 Å². The zero-order valence-electron chi connectivity index (χ0n) is 37.5. The molecule has 0 radical (unpaired) electrons. The second-order valence-electron chi connectivity index (χ2n) is 18.4. The molecule has 4 atom stereocenters. The van der Waals surface area contributed by atoms with E-state index in [2.05, 4.69) is 57.0 Å². The first-order valence-electron chi connectivity index (χ1n) is 22.6. The molecule has 3 aliphatic heterocycles. The zero-order valence-corrected chi connectivity index (χ0v) is 37.5. The summed E-state index contributed by atoms with van der Waals surface area (Å²) in [5.74, 6) is 0.757. The van der Waals surface area contributed by atoms with E-state index >= 15 is 0 Å². The van der Waals surface area contributed by atoms with E-state index < -0.39 is 30.4 Å². The first kappa shape index (κ1) is 43.7. The predicted molar refractivity (Wildman–Crippen MR) is 237 cm³/mol. The van der Waals surface area contributed by atoms with E-state index in [-0.39, 0.29) is 30.3 Å². The molecule has 3 amide bonds. The standard InChI is InChI=1S/C48H60N8O8/c1-26(2)40(53-46(59)61-5)44(57)55-19-7-8-36(55)42-50-24-35(52-42)33-18-17-32(38-30-13-15-31(16-14-30)39(33)38)28-9-11-29(12-10-28)34-23-49-43(51-34)37-22-48(63-20-21-64-48)25-56(37)45(58)41(27(3)4)54-47(60)62-6/h9-12,17-18,23-24,27,30-31,36-37,41,46,53,59H,7-8,13-16,19-22,25H2,1-6H3,(H,49,51)(H,50,52)(H,54,60)/t30?,31?,36-,37-,41-,46?/m0/s1. The SMILES string of the molecule is COC(=O)N[C@H](C(=O)N1CC2(C[C@H]1c1ncc(-c3ccc(-c4ccc(-c5cnc([C@@H]6CCCN6C(=O)C(NC(O)OC)=C(C)C)[nH]5)c5c4C4CCC5CC4)cc3)[nH]1)OCCO2)C(C)C. The van der Waals surface area contributed by atoms with Crippen molar-refractivity contribution in [1.82, 2.24) is 40.4 Å². The van der Waals surface area contributed by atoms with Crippen LogP contribution < -0.4 is 10.6 Å². The van der Waals surface area contributed by atoms with Crippen LogP contribution in [0, 0.1) is 5.92 Å². The number of imidazole rings is 2. The van der Waals surface area contributed by atoms with Gasteiger partial charge in [-0.15, -0.1) is 0 Å². The lowest BCUT2D eigenvalue weighted by Gasteiger charge is -2.41. The van der Waals surface area contributed by atoms with Crippen LogP contribution in [0.3, 0.4) is 0 Å². The number of aromatic amines is 2. The lowest BCUT2D eigenvalue weighted by molar-refractivity contribution is -0.153. The molecule has 2 bridgehead atoms. The third kappa shape index (κ3) is 8.09. The van der Waals surface area contributed by atoms with Gasteiger partial charge in [-0.2, -0.15) is 0 Å². The summed E-state index contributed by atoms with van der Waals surface area (Å²) < 4.78 is 22.0. The van der Waals surface area contributed by atoms with Gasteiger partial charge >= 0.3 is 6.09 Å². The number of allylic oxidation sites excluding steroid dienone is 1. The number of amides is 3. The average molecular weight is 877 g/mol. The van der Waals surface area contributed by atoms with Gasteiger partial charge in [-0.05, 0) is 104 Å². The number of likely N-dealkylation sites (tertiary alicyclic amines) is 2. The fourth-order valence-corrected chi connectivity index (χ4v) is 10.7. The number of benzene rings is 2. The molecule has 2 aromatic carbocycles. The Bertz CT molecular complexity index is 2410. The number of aliphatic hydroxyl groups excluding tert-OH is 1. The number of carbonyl (C=O) groups excluding carboxylic acids is 3. The summed E-state index contributed by atoms with van der Waals surface area (Å²) in [5, 5.41) is 15.7. The third-order valence-electron chi connectivity index (χ3n) is 13.9. The maximum atomic E-state index is 14.1. The quantitative estimate of drug-likeness (QED) is 0.0746. The molecule has 64 heavy (non-hydrogen) atoms. The predicted octanol–water partition coefficient (Wildman–Crippen LogP) is 6.76. The Labute approximate surface area is 373 Å². The largest absolute Gasteiger partial charge is 0.453 e. The van der Waals surface area contributed by atoms with Crippen molar-refractivity contribution < 1.29 is 38.4 Å². The Morgan fingerprint density at radius 1 is 0.812 bits per heavy atom. The Kier molecular flexibility index (Phi) is 12.1. The molecule has 1 saturated carbocycles. The van der Waals surface area contributed by atoms with E-state index in [1.165, 1.54) is 49.3 Å². The van der Waals surface area contributed by atoms with Gasteiger partial charge in [0.05, 0.1) is 62.7 Å². The van der Waals surface area contributed by atoms with Crippen LogP contribution in [-0.4, -0.2) is 112 Å². The van der Waals surface area contributed by atoms with Gasteiger partial charge in [0.15, 0.2) is 5.79 Å². The molecule has 4 aromatic rings. The number of rotatable bonds is 12. The van der Waals surface area contributed by atoms with E-state index in [4.69, 9.17) is 28.9 Å². The number of nitrogens with zero attached hydrogens (tertiary/aromatic N) is 4. The summed E-state index contributed by atoms with van der Waals surface area (Å²) in [5.41, 5.74) is 10.3. The van der Waals surface area contributed by atoms with E-state index in [1.54, 1.807) is 11.1 Å². The molecule has 1 spiro atoms. The van der Waals surface area contributed by atoms with Gasteiger partial charge in [0.2, 0.25) is 12.3 Å². The molecule has 10 rings (SSSR count). The summed E-state index contributed by atoms with van der Waals surface area (Å²) >= 11 is 0. The number of H-pyrrole nitrogens is 2. The molecule has 6 aliphatic rings. The van der Waals surface area contributed by atoms with Gasteiger partial charge < -0.3 is 54.5 Å². The summed E-state index contributed by atoms with van der Waals surface area (Å²) in [6.07, 6.45) is 8.49. The van der Waals surface area contributed by atoms with Crippen LogP contribution in [0.2, 0.25) is 0 Å². The van der Waals surface area contributed by atoms with Crippen molar-refractivity contribution in [2.45, 2.75) is 115 Å². The maximum absolute atomic E-state index is 14.1. The number of hydrogen-bond donors (Lipinski definition) is 5. The highest BCUT2D eigenvalue weighted by atomic mass is 16.7. The van der Waals surface area contributed by atoms with Crippen LogP contribution in [0.25, 0.3) is 33.6 Å². The Morgan fingerprint density at radius 2 is 1.42 bits per heavy atom. The summed E-state index contributed by atoms with van der Waals surface area (Å²) in [6.45, 7) is 9.15. The van der Waals surface area contributed by atoms with Crippen LogP contribution in [-0.2, 0) is 28.5 Å². The number of methoxy groups -OCH3 is 2. The van der Waals surface area contributed by atoms with Crippen LogP contribution in [0.15, 0.2) is 60.1 Å². The van der Waals surface area contributed by atoms with Crippen molar-refractivity contribution >= 4 is 17.9 Å². The molecule has 340 valence electrons. The lowest BCUT2D eigenvalue weighted by Crippen LogP contribution is -2.52. The highest BCUT2D eigenvalue weighted by Crippen LogP contribution is 2.55. The molecule has 5 heterocycles. The first-order chi connectivity index (χ1) is 30.9. The van der Waals surface area contributed by atoms with Gasteiger partial charge in [0, 0.05) is 25.6 Å². The molecular formula is C48H60N8O8. The van der Waals surface area contributed by atoms with Crippen LogP contribution >= 0.6 is 0 Å². The lowest BCUT2D eigenvalue weighted by atomic mass is 9.64. The summed E-state index contributed by atoms with van der Waals surface area (Å²) in [4.78, 5) is 60.5. The highest BCUT2D eigenvalue weighted by molar-refractivity contribution is 5.94. The normalized spacial score (nSPS) is 23.1. The average Bonchev–Trinajstić information content (AvgIpc) is 4.18. The van der Waals surface area contributed by atoms with Crippen molar-refractivity contribution in [2.24, 2.45) is 5.92 Å². The number of aromatic nitrogens is 4. The minimum atomic E-state index is -1.29. The summed E-state index contributed by atoms with van der Waals surface area (Å²) in [6, 6.07) is 11.6. The molecule has 5 N–H and O–H groups in total. The Morgan fingerprint density at radius 3 is 2.06 bits per heavy atom. The van der Waals surface area contributed by atoms with Gasteiger partial charge in [-0.1, -0.05) is 50.2 Å². The molecular weight excluding hydrogens is 817 g/mol. The van der Waals surface area contributed by atoms with E-state index in [1.807, 2.05) is 38.8 Å². The minimum Gasteiger partial charge on any atom is -0.453 e. The van der Waals surface area contributed by atoms with Crippen molar-refractivity contribution in [3.8, 4) is 33.6 Å². The smallest absolute Gasteiger partial charge is 0.407 e. The second kappa shape index (κ2) is 17.8. The molecule has 4 fully saturated rings. The number of nitrogens with one attached hydrogen (secondary N) is 4. The Balaban J connectivity index is 0.971. The van der Waals surface area contributed by atoms with E-state index in [9.17, 15) is 19.5 Å². The topological polar surface area (TPSA) is 196 Å². The van der Waals surface area contributed by atoms with Gasteiger partial charge in [-0.3, -0.25) is 9.59 Å². The monoisotopic (exact) mass is 876 g/mol. The molecule has 1 unspecified atom stereocenters. The third-order valence-corrected chi connectivity index (χ3v) is 13.9. The van der Waals surface area contributed by atoms with Crippen molar-refractivity contribution in [3.05, 3.63) is 82.8 Å². The fourth-order valence-electron chi connectivity index (χ4n) is 10.7. The highest BCUT2D eigenvalue weighted by Gasteiger charge is 2.53. The number of fused-ring (bicyclic) bond motifs is 2. The number of aliphatic hydroxyl groups is 1. The van der Waals surface area contributed by atoms with Gasteiger partial charge in [0.1, 0.15) is 23.4 Å². The number of carbonyl (C=O) groups is 3. The minimum absolute atomic E-state index is 0.185. The van der Waals surface area contributed by atoms with Gasteiger partial charge in [-0.25, -0.2) is 14.8 Å². The molecule has 2 aromatic heterocycles. The molecule has 3 aliphatic carbocycles. The fraction of sp³-hybridized carbons (Fsp3) is 0.521. The Hall–Kier alpha value is -5.55. The van der Waals surface area contributed by atoms with Crippen molar-refractivity contribution in [1.29, 1.82) is 0 Å². The summed E-state index contributed by atoms with van der Waals surface area (Å²) in [7, 11) is 2.66. The second-order valence-corrected chi connectivity index (χ2v) is 18.4. The molecule has 16 nitrogen and oxygen atoms in total. The van der Waals surface area contributed by atoms with Crippen LogP contribution in [0.4, 0.5) is 4.79 Å². The van der Waals surface area contributed by atoms with E-state index in [0.717, 1.165) is 59.6 Å². The molecule has 3 saturated heterocycles. The van der Waals surface area contributed by atoms with Gasteiger partial charge in [0.25, 0.3) is 5.91 Å². The van der Waals surface area contributed by atoms with Crippen molar-refractivity contribution in [2.75, 3.05) is 40.5 Å². The molecule has 16 heteroatoms. The zero-order chi connectivity index (χ0) is 44.9.